The van der Waals surface area contributed by atoms with E-state index < -0.39 is 0 Å². The topological polar surface area (TPSA) is 17.1 Å². The monoisotopic (exact) mass is 150 g/mol. The fourth-order valence-corrected chi connectivity index (χ4v) is 2.24. The molecule has 0 saturated heterocycles. The summed E-state index contributed by atoms with van der Waals surface area (Å²) in [6.07, 6.45) is 9.02. The van der Waals surface area contributed by atoms with Crippen molar-refractivity contribution in [2.75, 3.05) is 0 Å². The van der Waals surface area contributed by atoms with Crippen LogP contribution in [0.1, 0.15) is 38.5 Å². The van der Waals surface area contributed by atoms with Crippen LogP contribution in [0.4, 0.5) is 0 Å². The lowest BCUT2D eigenvalue weighted by Crippen LogP contribution is -2.11. The van der Waals surface area contributed by atoms with Gasteiger partial charge < -0.3 is 0 Å². The van der Waals surface area contributed by atoms with E-state index in [-0.39, 0.29) is 0 Å². The van der Waals surface area contributed by atoms with Gasteiger partial charge in [-0.1, -0.05) is 12.0 Å². The van der Waals surface area contributed by atoms with Crippen LogP contribution in [0.3, 0.4) is 0 Å². The molecule has 0 heterocycles. The molecule has 11 heavy (non-hydrogen) atoms. The van der Waals surface area contributed by atoms with Crippen LogP contribution in [-0.2, 0) is 4.79 Å². The Morgan fingerprint density at radius 3 is 3.09 bits per heavy atom. The summed E-state index contributed by atoms with van der Waals surface area (Å²) in [6, 6.07) is 0. The summed E-state index contributed by atoms with van der Waals surface area (Å²) in [5.74, 6) is 1.07. The van der Waals surface area contributed by atoms with E-state index in [1.54, 1.807) is 0 Å². The summed E-state index contributed by atoms with van der Waals surface area (Å²) < 4.78 is 0. The van der Waals surface area contributed by atoms with Crippen LogP contribution in [0.25, 0.3) is 0 Å². The summed E-state index contributed by atoms with van der Waals surface area (Å²) in [6.45, 7) is 0. The standard InChI is InChI=1S/C10H14O/c11-10-6-8-3-1-2-4-9(5-8)7-10/h6,9H,1-5,7H2. The van der Waals surface area contributed by atoms with E-state index in [1.807, 2.05) is 6.08 Å². The smallest absolute Gasteiger partial charge is 0.155 e. The molecule has 0 aromatic carbocycles. The minimum atomic E-state index is 0.373. The van der Waals surface area contributed by atoms with Gasteiger partial charge in [-0.05, 0) is 37.7 Å². The molecule has 2 aliphatic rings. The van der Waals surface area contributed by atoms with Crippen molar-refractivity contribution in [3.63, 3.8) is 0 Å². The normalized spacial score (nSPS) is 31.1. The highest BCUT2D eigenvalue weighted by molar-refractivity contribution is 5.91. The Labute approximate surface area is 67.5 Å². The predicted octanol–water partition coefficient (Wildman–Crippen LogP) is 2.47. The van der Waals surface area contributed by atoms with Gasteiger partial charge in [0.1, 0.15) is 0 Å². The highest BCUT2D eigenvalue weighted by Gasteiger charge is 2.22. The molecule has 1 heteroatoms. The molecular weight excluding hydrogens is 136 g/mol. The first kappa shape index (κ1) is 7.08. The van der Waals surface area contributed by atoms with E-state index in [1.165, 1.54) is 37.7 Å². The van der Waals surface area contributed by atoms with Crippen LogP contribution in [0, 0.1) is 5.92 Å². The Morgan fingerprint density at radius 1 is 1.27 bits per heavy atom. The Hall–Kier alpha value is -0.590. The predicted molar refractivity (Wildman–Crippen MR) is 44.3 cm³/mol. The number of carbonyl (C=O) groups is 1. The van der Waals surface area contributed by atoms with Gasteiger partial charge in [-0.15, -0.1) is 0 Å². The Morgan fingerprint density at radius 2 is 2.18 bits per heavy atom. The number of hydrogen-bond donors (Lipinski definition) is 0. The van der Waals surface area contributed by atoms with Gasteiger partial charge in [0.2, 0.25) is 0 Å². The van der Waals surface area contributed by atoms with Crippen LogP contribution < -0.4 is 0 Å². The molecule has 2 rings (SSSR count). The molecule has 2 aliphatic carbocycles. The highest BCUT2D eigenvalue weighted by Crippen LogP contribution is 2.32. The van der Waals surface area contributed by atoms with Gasteiger partial charge in [-0.2, -0.15) is 0 Å². The third-order valence-corrected chi connectivity index (χ3v) is 2.77. The Bertz CT molecular complexity index is 203. The molecule has 1 atom stereocenters. The van der Waals surface area contributed by atoms with Gasteiger partial charge in [0.15, 0.2) is 5.78 Å². The molecule has 0 aliphatic heterocycles. The number of rotatable bonds is 0. The van der Waals surface area contributed by atoms with Crippen molar-refractivity contribution in [3.8, 4) is 0 Å². The van der Waals surface area contributed by atoms with Crippen LogP contribution in [-0.4, -0.2) is 5.78 Å². The zero-order valence-electron chi connectivity index (χ0n) is 6.81. The van der Waals surface area contributed by atoms with Crippen LogP contribution in [0.5, 0.6) is 0 Å². The zero-order valence-corrected chi connectivity index (χ0v) is 6.81. The lowest BCUT2D eigenvalue weighted by molar-refractivity contribution is -0.115. The molecule has 0 amide bonds. The number of ketones is 1. The van der Waals surface area contributed by atoms with E-state index >= 15 is 0 Å². The van der Waals surface area contributed by atoms with Crippen LogP contribution >= 0.6 is 0 Å². The van der Waals surface area contributed by atoms with Crippen LogP contribution in [0.2, 0.25) is 0 Å². The lowest BCUT2D eigenvalue weighted by atomic mass is 9.87. The van der Waals surface area contributed by atoms with Gasteiger partial charge in [0.05, 0.1) is 0 Å². The summed E-state index contributed by atoms with van der Waals surface area (Å²) in [5, 5.41) is 0. The SMILES string of the molecule is O=C1C=C2CCCCC(C1)C2. The van der Waals surface area contributed by atoms with E-state index in [9.17, 15) is 4.79 Å². The average Bonchev–Trinajstić information content (AvgIpc) is 2.11. The van der Waals surface area contributed by atoms with Crippen molar-refractivity contribution in [3.05, 3.63) is 11.6 Å². The van der Waals surface area contributed by atoms with Crippen molar-refractivity contribution in [2.24, 2.45) is 5.92 Å². The van der Waals surface area contributed by atoms with Gasteiger partial charge >= 0.3 is 0 Å². The fourth-order valence-electron chi connectivity index (χ4n) is 2.24. The molecule has 1 nitrogen and oxygen atoms in total. The van der Waals surface area contributed by atoms with Gasteiger partial charge in [-0.25, -0.2) is 0 Å². The van der Waals surface area contributed by atoms with E-state index in [4.69, 9.17) is 0 Å². The third-order valence-electron chi connectivity index (χ3n) is 2.77. The Balaban J connectivity index is 2.19. The molecule has 0 radical (unpaired) electrons. The van der Waals surface area contributed by atoms with E-state index in [0.29, 0.717) is 11.7 Å². The minimum Gasteiger partial charge on any atom is -0.295 e. The number of allylic oxidation sites excluding steroid dienone is 2. The minimum absolute atomic E-state index is 0.373. The molecule has 0 spiro atoms. The first-order chi connectivity index (χ1) is 5.34. The summed E-state index contributed by atoms with van der Waals surface area (Å²) in [7, 11) is 0. The van der Waals surface area contributed by atoms with E-state index in [0.717, 1.165) is 6.42 Å². The molecule has 0 aromatic heterocycles. The molecule has 2 bridgehead atoms. The molecule has 1 unspecified atom stereocenters. The second-order valence-corrected chi connectivity index (χ2v) is 3.79. The second-order valence-electron chi connectivity index (χ2n) is 3.79. The lowest BCUT2D eigenvalue weighted by Gasteiger charge is -2.17. The fraction of sp³-hybridized carbons (Fsp3) is 0.700. The quantitative estimate of drug-likeness (QED) is 0.518. The van der Waals surface area contributed by atoms with Crippen molar-refractivity contribution < 1.29 is 4.79 Å². The summed E-state index contributed by atoms with van der Waals surface area (Å²) >= 11 is 0. The maximum Gasteiger partial charge on any atom is 0.155 e. The molecule has 0 N–H and O–H groups in total. The van der Waals surface area contributed by atoms with Crippen molar-refractivity contribution in [1.82, 2.24) is 0 Å². The molecule has 1 fully saturated rings. The van der Waals surface area contributed by atoms with Crippen molar-refractivity contribution in [1.29, 1.82) is 0 Å². The van der Waals surface area contributed by atoms with Gasteiger partial charge in [0, 0.05) is 6.42 Å². The Kier molecular flexibility index (Phi) is 1.80. The molecular formula is C10H14O. The van der Waals surface area contributed by atoms with E-state index in [2.05, 4.69) is 0 Å². The van der Waals surface area contributed by atoms with Crippen molar-refractivity contribution in [2.45, 2.75) is 38.5 Å². The van der Waals surface area contributed by atoms with Gasteiger partial charge in [0.25, 0.3) is 0 Å². The first-order valence-electron chi connectivity index (χ1n) is 4.57. The molecule has 0 aromatic rings. The molecule has 1 saturated carbocycles. The van der Waals surface area contributed by atoms with Crippen LogP contribution in [0.15, 0.2) is 11.6 Å². The summed E-state index contributed by atoms with van der Waals surface area (Å²) in [5.41, 5.74) is 1.42. The average molecular weight is 150 g/mol. The zero-order chi connectivity index (χ0) is 7.68. The number of hydrogen-bond acceptors (Lipinski definition) is 1. The number of fused-ring (bicyclic) bond motifs is 2. The highest BCUT2D eigenvalue weighted by atomic mass is 16.1. The van der Waals surface area contributed by atoms with Gasteiger partial charge in [-0.3, -0.25) is 4.79 Å². The molecule has 60 valence electrons. The second kappa shape index (κ2) is 2.80. The maximum absolute atomic E-state index is 11.2. The summed E-state index contributed by atoms with van der Waals surface area (Å²) in [4.78, 5) is 11.2. The van der Waals surface area contributed by atoms with Crippen molar-refractivity contribution >= 4 is 5.78 Å². The first-order valence-corrected chi connectivity index (χ1v) is 4.57. The number of carbonyl (C=O) groups excluding carboxylic acids is 1. The third kappa shape index (κ3) is 1.52. The maximum atomic E-state index is 11.2. The largest absolute Gasteiger partial charge is 0.295 e.